The molecule has 5 N–H and O–H groups in total. The third-order valence-corrected chi connectivity index (χ3v) is 4.13. The van der Waals surface area contributed by atoms with E-state index in [1.165, 1.54) is 0 Å². The van der Waals surface area contributed by atoms with Gasteiger partial charge in [0.05, 0.1) is 16.3 Å². The van der Waals surface area contributed by atoms with Crippen LogP contribution in [0.3, 0.4) is 0 Å². The Kier molecular flexibility index (Phi) is 3.99. The van der Waals surface area contributed by atoms with Gasteiger partial charge in [0, 0.05) is 6.42 Å². The number of nitrogens with two attached hydrogens (primary N) is 2. The molecular weight excluding hydrogens is 276 g/mol. The van der Waals surface area contributed by atoms with Crippen molar-refractivity contribution >= 4 is 34.6 Å². The summed E-state index contributed by atoms with van der Waals surface area (Å²) in [5, 5.41) is -0.162. The minimum atomic E-state index is -0.713. The van der Waals surface area contributed by atoms with Crippen molar-refractivity contribution in [2.45, 2.75) is 30.7 Å². The number of rotatable bonds is 5. The Morgan fingerprint density at radius 3 is 2.55 bits per heavy atom. The zero-order chi connectivity index (χ0) is 14.9. The lowest BCUT2D eigenvalue weighted by molar-refractivity contribution is -0.122. The number of aromatic amines is 1. The Hall–Kier alpha value is -2.02. The van der Waals surface area contributed by atoms with E-state index in [4.69, 9.17) is 11.5 Å². The van der Waals surface area contributed by atoms with Gasteiger partial charge >= 0.3 is 0 Å². The standard InChI is InChI=1S/C13H16N4O2S/c1-6-3-8-9(4-7(6)2)17-13(16-8)20-10(12(15)19)5-11(14)18/h3-4,10H,5H2,1-2H3,(H2,14,18)(H2,15,19)(H,16,17). The van der Waals surface area contributed by atoms with Gasteiger partial charge in [-0.05, 0) is 37.1 Å². The molecule has 1 heterocycles. The van der Waals surface area contributed by atoms with Crippen molar-refractivity contribution in [1.82, 2.24) is 9.97 Å². The maximum absolute atomic E-state index is 11.3. The second-order valence-electron chi connectivity index (χ2n) is 4.67. The SMILES string of the molecule is Cc1cc2nc(SC(CC(N)=O)C(N)=O)[nH]c2cc1C. The van der Waals surface area contributed by atoms with Crippen molar-refractivity contribution < 1.29 is 9.59 Å². The van der Waals surface area contributed by atoms with E-state index < -0.39 is 17.1 Å². The number of benzene rings is 1. The predicted octanol–water partition coefficient (Wildman–Crippen LogP) is 1.00. The number of hydrogen-bond acceptors (Lipinski definition) is 4. The molecule has 0 saturated heterocycles. The Bertz CT molecular complexity index is 641. The van der Waals surface area contributed by atoms with Gasteiger partial charge in [0.25, 0.3) is 0 Å². The highest BCUT2D eigenvalue weighted by atomic mass is 32.2. The summed E-state index contributed by atoms with van der Waals surface area (Å²) in [5.41, 5.74) is 14.4. The van der Waals surface area contributed by atoms with Gasteiger partial charge in [0.1, 0.15) is 0 Å². The number of primary amides is 2. The fraction of sp³-hybridized carbons (Fsp3) is 0.308. The minimum absolute atomic E-state index is 0.102. The number of carbonyl (C=O) groups is 2. The summed E-state index contributed by atoms with van der Waals surface area (Å²) in [7, 11) is 0. The highest BCUT2D eigenvalue weighted by molar-refractivity contribution is 8.00. The van der Waals surface area contributed by atoms with E-state index in [2.05, 4.69) is 9.97 Å². The average Bonchev–Trinajstić information content (AvgIpc) is 2.69. The Morgan fingerprint density at radius 1 is 1.30 bits per heavy atom. The molecule has 0 saturated carbocycles. The lowest BCUT2D eigenvalue weighted by Crippen LogP contribution is -2.30. The van der Waals surface area contributed by atoms with Crippen LogP contribution in [-0.2, 0) is 9.59 Å². The molecule has 2 rings (SSSR count). The van der Waals surface area contributed by atoms with Crippen LogP contribution >= 0.6 is 11.8 Å². The number of amides is 2. The molecule has 0 bridgehead atoms. The van der Waals surface area contributed by atoms with E-state index in [1.807, 2.05) is 26.0 Å². The molecule has 106 valence electrons. The van der Waals surface area contributed by atoms with Crippen LogP contribution in [0.2, 0.25) is 0 Å². The van der Waals surface area contributed by atoms with Crippen molar-refractivity contribution in [2.24, 2.45) is 11.5 Å². The Labute approximate surface area is 120 Å². The first kappa shape index (κ1) is 14.4. The number of thioether (sulfide) groups is 1. The van der Waals surface area contributed by atoms with Crippen molar-refractivity contribution in [1.29, 1.82) is 0 Å². The van der Waals surface area contributed by atoms with Crippen molar-refractivity contribution in [2.75, 3.05) is 0 Å². The van der Waals surface area contributed by atoms with Crippen LogP contribution in [0, 0.1) is 13.8 Å². The van der Waals surface area contributed by atoms with Crippen molar-refractivity contribution in [3.8, 4) is 0 Å². The quantitative estimate of drug-likeness (QED) is 0.713. The van der Waals surface area contributed by atoms with Crippen molar-refractivity contribution in [3.63, 3.8) is 0 Å². The van der Waals surface area contributed by atoms with Crippen LogP contribution < -0.4 is 11.5 Å². The van der Waals surface area contributed by atoms with Crippen LogP contribution in [0.15, 0.2) is 17.3 Å². The smallest absolute Gasteiger partial charge is 0.231 e. The molecular formula is C13H16N4O2S. The molecule has 2 amide bonds. The van der Waals surface area contributed by atoms with Crippen LogP contribution in [0.4, 0.5) is 0 Å². The first-order valence-electron chi connectivity index (χ1n) is 6.08. The molecule has 0 radical (unpaired) electrons. The number of aromatic nitrogens is 2. The first-order chi connectivity index (χ1) is 9.36. The molecule has 0 aliphatic carbocycles. The van der Waals surface area contributed by atoms with E-state index in [0.29, 0.717) is 5.16 Å². The monoisotopic (exact) mass is 292 g/mol. The number of imidazole rings is 1. The van der Waals surface area contributed by atoms with E-state index in [0.717, 1.165) is 33.9 Å². The maximum atomic E-state index is 11.3. The van der Waals surface area contributed by atoms with E-state index >= 15 is 0 Å². The van der Waals surface area contributed by atoms with Crippen LogP contribution in [0.1, 0.15) is 17.5 Å². The molecule has 2 aromatic rings. The molecule has 0 spiro atoms. The number of carbonyl (C=O) groups excluding carboxylic acids is 2. The lowest BCUT2D eigenvalue weighted by atomic mass is 10.1. The molecule has 0 fully saturated rings. The van der Waals surface area contributed by atoms with Gasteiger partial charge in [0.15, 0.2) is 5.16 Å². The van der Waals surface area contributed by atoms with Gasteiger partial charge in [-0.2, -0.15) is 0 Å². The van der Waals surface area contributed by atoms with Gasteiger partial charge in [-0.25, -0.2) is 4.98 Å². The van der Waals surface area contributed by atoms with Crippen LogP contribution in [-0.4, -0.2) is 27.0 Å². The van der Waals surface area contributed by atoms with Gasteiger partial charge < -0.3 is 16.5 Å². The predicted molar refractivity (Wildman–Crippen MR) is 78.2 cm³/mol. The lowest BCUT2D eigenvalue weighted by Gasteiger charge is -2.08. The fourth-order valence-electron chi connectivity index (χ4n) is 1.82. The zero-order valence-corrected chi connectivity index (χ0v) is 12.1. The topological polar surface area (TPSA) is 115 Å². The summed E-state index contributed by atoms with van der Waals surface area (Å²) in [6.07, 6.45) is -0.102. The first-order valence-corrected chi connectivity index (χ1v) is 6.96. The summed E-state index contributed by atoms with van der Waals surface area (Å²) in [5.74, 6) is -1.15. The van der Waals surface area contributed by atoms with Gasteiger partial charge in [-0.15, -0.1) is 0 Å². The Morgan fingerprint density at radius 2 is 1.95 bits per heavy atom. The molecule has 6 nitrogen and oxygen atoms in total. The number of hydrogen-bond donors (Lipinski definition) is 3. The number of H-pyrrole nitrogens is 1. The summed E-state index contributed by atoms with van der Waals surface area (Å²) >= 11 is 1.12. The maximum Gasteiger partial charge on any atom is 0.231 e. The second-order valence-corrected chi connectivity index (χ2v) is 5.87. The highest BCUT2D eigenvalue weighted by Gasteiger charge is 2.21. The molecule has 0 aliphatic rings. The molecule has 1 unspecified atom stereocenters. The molecule has 7 heteroatoms. The molecule has 1 aromatic carbocycles. The number of aryl methyl sites for hydroxylation is 2. The summed E-state index contributed by atoms with van der Waals surface area (Å²) in [6.45, 7) is 4.03. The molecule has 20 heavy (non-hydrogen) atoms. The number of nitrogens with zero attached hydrogens (tertiary/aromatic N) is 1. The molecule has 0 aliphatic heterocycles. The molecule has 1 aromatic heterocycles. The van der Waals surface area contributed by atoms with E-state index in [1.54, 1.807) is 0 Å². The average molecular weight is 292 g/mol. The minimum Gasteiger partial charge on any atom is -0.370 e. The van der Waals surface area contributed by atoms with E-state index in [9.17, 15) is 9.59 Å². The van der Waals surface area contributed by atoms with Crippen LogP contribution in [0.25, 0.3) is 11.0 Å². The molecule has 1 atom stereocenters. The fourth-order valence-corrected chi connectivity index (χ4v) is 2.77. The van der Waals surface area contributed by atoms with Gasteiger partial charge in [-0.1, -0.05) is 11.8 Å². The van der Waals surface area contributed by atoms with Crippen molar-refractivity contribution in [3.05, 3.63) is 23.3 Å². The largest absolute Gasteiger partial charge is 0.370 e. The third kappa shape index (κ3) is 3.11. The number of fused-ring (bicyclic) bond motifs is 1. The Balaban J connectivity index is 2.28. The number of nitrogens with one attached hydrogen (secondary N) is 1. The zero-order valence-electron chi connectivity index (χ0n) is 11.3. The second kappa shape index (κ2) is 5.54. The third-order valence-electron chi connectivity index (χ3n) is 3.03. The summed E-state index contributed by atoms with van der Waals surface area (Å²) < 4.78 is 0. The summed E-state index contributed by atoms with van der Waals surface area (Å²) in [6, 6.07) is 3.97. The highest BCUT2D eigenvalue weighted by Crippen LogP contribution is 2.26. The van der Waals surface area contributed by atoms with Crippen LogP contribution in [0.5, 0.6) is 0 Å². The normalized spacial score (nSPS) is 12.5. The van der Waals surface area contributed by atoms with Gasteiger partial charge in [0.2, 0.25) is 11.8 Å². The van der Waals surface area contributed by atoms with E-state index in [-0.39, 0.29) is 6.42 Å². The summed E-state index contributed by atoms with van der Waals surface area (Å²) in [4.78, 5) is 29.8. The van der Waals surface area contributed by atoms with Gasteiger partial charge in [-0.3, -0.25) is 9.59 Å².